The molecule has 1 saturated carbocycles. The van der Waals surface area contributed by atoms with Gasteiger partial charge in [0.15, 0.2) is 0 Å². The number of amides is 1. The summed E-state index contributed by atoms with van der Waals surface area (Å²) in [6.45, 7) is 1.44. The van der Waals surface area contributed by atoms with Crippen LogP contribution >= 0.6 is 13.5 Å². The van der Waals surface area contributed by atoms with Crippen LogP contribution in [0.5, 0.6) is 0 Å². The van der Waals surface area contributed by atoms with E-state index in [1.807, 2.05) is 4.57 Å². The lowest BCUT2D eigenvalue weighted by Gasteiger charge is -2.30. The minimum absolute atomic E-state index is 0. The predicted octanol–water partition coefficient (Wildman–Crippen LogP) is 3.76. The van der Waals surface area contributed by atoms with Gasteiger partial charge in [-0.05, 0) is 67.3 Å². The Morgan fingerprint density at radius 2 is 1.66 bits per heavy atom. The topological polar surface area (TPSA) is 76.2 Å². The fourth-order valence-corrected chi connectivity index (χ4v) is 3.99. The highest BCUT2D eigenvalue weighted by Crippen LogP contribution is 2.35. The summed E-state index contributed by atoms with van der Waals surface area (Å²) in [7, 11) is 0. The number of aromatic nitrogens is 2. The minimum atomic E-state index is -0.449. The first-order valence-corrected chi connectivity index (χ1v) is 10.4. The molecule has 5 rings (SSSR count). The second kappa shape index (κ2) is 8.91. The molecule has 2 aliphatic rings. The molecule has 2 heterocycles. The molecule has 9 heteroatoms. The molecule has 1 aliphatic carbocycles. The van der Waals surface area contributed by atoms with E-state index in [1.54, 1.807) is 29.2 Å². The van der Waals surface area contributed by atoms with Crippen LogP contribution in [0.2, 0.25) is 0 Å². The smallest absolute Gasteiger partial charge is 0.240 e. The average molecular weight is 458 g/mol. The maximum atomic E-state index is 13.5. The Hall–Kier alpha value is -2.91. The number of anilines is 2. The molecule has 1 atom stereocenters. The van der Waals surface area contributed by atoms with Crippen molar-refractivity contribution < 1.29 is 13.6 Å². The van der Waals surface area contributed by atoms with Gasteiger partial charge < -0.3 is 20.5 Å². The van der Waals surface area contributed by atoms with Crippen LogP contribution in [0, 0.1) is 17.6 Å². The van der Waals surface area contributed by atoms with Crippen molar-refractivity contribution in [2.24, 2.45) is 11.7 Å². The average Bonchev–Trinajstić information content (AvgIpc) is 3.57. The van der Waals surface area contributed by atoms with Crippen molar-refractivity contribution in [3.05, 3.63) is 66.0 Å². The Balaban J connectivity index is 0.00000245. The van der Waals surface area contributed by atoms with Crippen LogP contribution in [0.1, 0.15) is 18.7 Å². The second-order valence-electron chi connectivity index (χ2n) is 8.14. The second-order valence-corrected chi connectivity index (χ2v) is 8.14. The number of fused-ring (bicyclic) bond motifs is 1. The van der Waals surface area contributed by atoms with Gasteiger partial charge in [-0.25, -0.2) is 13.8 Å². The fourth-order valence-electron chi connectivity index (χ4n) is 3.99. The molecule has 32 heavy (non-hydrogen) atoms. The number of hydrogen-bond acceptors (Lipinski definition) is 4. The van der Waals surface area contributed by atoms with Gasteiger partial charge in [-0.1, -0.05) is 0 Å². The quantitative estimate of drug-likeness (QED) is 0.612. The number of carbonyl (C=O) groups is 1. The summed E-state index contributed by atoms with van der Waals surface area (Å²) < 4.78 is 28.8. The third-order valence-electron chi connectivity index (χ3n) is 5.92. The molecule has 3 aromatic rings. The molecular formula is C23H25F2N5OS. The van der Waals surface area contributed by atoms with Gasteiger partial charge in [0, 0.05) is 24.3 Å². The van der Waals surface area contributed by atoms with Gasteiger partial charge in [-0.15, -0.1) is 0 Å². The summed E-state index contributed by atoms with van der Waals surface area (Å²) in [6, 6.07) is 11.7. The van der Waals surface area contributed by atoms with Crippen LogP contribution < -0.4 is 11.1 Å². The first-order chi connectivity index (χ1) is 15.0. The highest BCUT2D eigenvalue weighted by atomic mass is 32.1. The largest absolute Gasteiger partial charge is 0.340 e. The molecule has 0 unspecified atom stereocenters. The molecule has 1 aromatic heterocycles. The SMILES string of the molecule is N[C@H](C(=O)N1CCn2c(nc(-c3ccc(F)cc3)c2Nc2ccc(F)cc2)C1)C1CC1.S. The number of hydrogen-bond donors (Lipinski definition) is 2. The Labute approximate surface area is 191 Å². The van der Waals surface area contributed by atoms with Crippen LogP contribution in [0.3, 0.4) is 0 Å². The first kappa shape index (κ1) is 22.3. The molecule has 1 fully saturated rings. The zero-order valence-electron chi connectivity index (χ0n) is 17.4. The van der Waals surface area contributed by atoms with Gasteiger partial charge in [0.25, 0.3) is 0 Å². The monoisotopic (exact) mass is 457 g/mol. The summed E-state index contributed by atoms with van der Waals surface area (Å²) in [5.41, 5.74) is 8.24. The van der Waals surface area contributed by atoms with E-state index in [9.17, 15) is 13.6 Å². The maximum absolute atomic E-state index is 13.5. The van der Waals surface area contributed by atoms with Gasteiger partial charge in [0.2, 0.25) is 5.91 Å². The van der Waals surface area contributed by atoms with E-state index < -0.39 is 6.04 Å². The summed E-state index contributed by atoms with van der Waals surface area (Å²) in [4.78, 5) is 19.3. The number of halogens is 2. The van der Waals surface area contributed by atoms with Crippen molar-refractivity contribution in [1.82, 2.24) is 14.5 Å². The van der Waals surface area contributed by atoms with Crippen molar-refractivity contribution in [2.75, 3.05) is 11.9 Å². The number of benzene rings is 2. The molecule has 0 radical (unpaired) electrons. The van der Waals surface area contributed by atoms with Crippen molar-refractivity contribution in [3.63, 3.8) is 0 Å². The van der Waals surface area contributed by atoms with Crippen molar-refractivity contribution >= 4 is 30.9 Å². The van der Waals surface area contributed by atoms with Gasteiger partial charge in [-0.3, -0.25) is 4.79 Å². The number of nitrogens with zero attached hydrogens (tertiary/aromatic N) is 3. The highest BCUT2D eigenvalue weighted by Gasteiger charge is 2.37. The predicted molar refractivity (Wildman–Crippen MR) is 124 cm³/mol. The first-order valence-electron chi connectivity index (χ1n) is 10.4. The van der Waals surface area contributed by atoms with Crippen LogP contribution in [0.4, 0.5) is 20.3 Å². The van der Waals surface area contributed by atoms with E-state index in [-0.39, 0.29) is 31.0 Å². The molecule has 0 bridgehead atoms. The minimum Gasteiger partial charge on any atom is -0.340 e. The molecule has 0 saturated heterocycles. The van der Waals surface area contributed by atoms with Gasteiger partial charge in [0.05, 0.1) is 12.6 Å². The molecule has 3 N–H and O–H groups in total. The Bertz CT molecular complexity index is 1110. The molecule has 6 nitrogen and oxygen atoms in total. The Morgan fingerprint density at radius 1 is 1.03 bits per heavy atom. The summed E-state index contributed by atoms with van der Waals surface area (Å²) in [5, 5.41) is 3.33. The summed E-state index contributed by atoms with van der Waals surface area (Å²) in [5.74, 6) is 1.07. The number of nitrogens with one attached hydrogen (secondary N) is 1. The van der Waals surface area contributed by atoms with Crippen LogP contribution in [-0.2, 0) is 17.9 Å². The molecule has 1 aliphatic heterocycles. The zero-order chi connectivity index (χ0) is 21.5. The van der Waals surface area contributed by atoms with Gasteiger partial charge in [0.1, 0.15) is 29.0 Å². The van der Waals surface area contributed by atoms with Crippen LogP contribution in [0.25, 0.3) is 11.3 Å². The molecule has 2 aromatic carbocycles. The van der Waals surface area contributed by atoms with E-state index in [1.165, 1.54) is 24.3 Å². The number of nitrogens with two attached hydrogens (primary N) is 1. The zero-order valence-corrected chi connectivity index (χ0v) is 18.4. The summed E-state index contributed by atoms with van der Waals surface area (Å²) >= 11 is 0. The third kappa shape index (κ3) is 4.35. The normalized spacial score (nSPS) is 16.2. The lowest BCUT2D eigenvalue weighted by Crippen LogP contribution is -2.47. The van der Waals surface area contributed by atoms with Crippen LogP contribution in [0.15, 0.2) is 48.5 Å². The molecular weight excluding hydrogens is 432 g/mol. The van der Waals surface area contributed by atoms with Crippen LogP contribution in [-0.4, -0.2) is 32.9 Å². The van der Waals surface area contributed by atoms with Crippen molar-refractivity contribution in [3.8, 4) is 11.3 Å². The number of carbonyl (C=O) groups excluding carboxylic acids is 1. The number of rotatable bonds is 5. The van der Waals surface area contributed by atoms with E-state index in [4.69, 9.17) is 10.7 Å². The highest BCUT2D eigenvalue weighted by molar-refractivity contribution is 7.59. The molecule has 1 amide bonds. The van der Waals surface area contributed by atoms with E-state index in [0.29, 0.717) is 36.9 Å². The van der Waals surface area contributed by atoms with Gasteiger partial charge >= 0.3 is 0 Å². The van der Waals surface area contributed by atoms with E-state index in [2.05, 4.69) is 5.32 Å². The van der Waals surface area contributed by atoms with Gasteiger partial charge in [-0.2, -0.15) is 13.5 Å². The third-order valence-corrected chi connectivity index (χ3v) is 5.92. The summed E-state index contributed by atoms with van der Waals surface area (Å²) in [6.07, 6.45) is 2.02. The van der Waals surface area contributed by atoms with E-state index >= 15 is 0 Å². The van der Waals surface area contributed by atoms with Crippen molar-refractivity contribution in [1.29, 1.82) is 0 Å². The Morgan fingerprint density at radius 3 is 2.28 bits per heavy atom. The fraction of sp³-hybridized carbons (Fsp3) is 0.304. The lowest BCUT2D eigenvalue weighted by molar-refractivity contribution is -0.134. The number of imidazole rings is 1. The molecule has 168 valence electrons. The lowest BCUT2D eigenvalue weighted by atomic mass is 10.1. The maximum Gasteiger partial charge on any atom is 0.240 e. The Kier molecular flexibility index (Phi) is 6.21. The standard InChI is InChI=1S/C23H23F2N5O.H2S/c24-16-5-3-15(4-6-16)21-22(27-18-9-7-17(25)8-10-18)30-12-11-29(13-19(30)28-21)23(31)20(26)14-1-2-14;/h3-10,14,20,27H,1-2,11-13,26H2;1H2/t20-;/m0./s1. The van der Waals surface area contributed by atoms with Crippen molar-refractivity contribution in [2.45, 2.75) is 32.0 Å². The van der Waals surface area contributed by atoms with E-state index in [0.717, 1.165) is 30.0 Å². The molecule has 0 spiro atoms.